The highest BCUT2D eigenvalue weighted by atomic mass is 16.7. The quantitative estimate of drug-likeness (QED) is 0.0242. The van der Waals surface area contributed by atoms with Gasteiger partial charge in [-0.2, -0.15) is 0 Å². The van der Waals surface area contributed by atoms with Crippen molar-refractivity contribution in [3.63, 3.8) is 0 Å². The number of allylic oxidation sites excluding steroid dienone is 1. The lowest BCUT2D eigenvalue weighted by Gasteiger charge is -2.45. The maximum absolute atomic E-state index is 14.2. The molecule has 16 nitrogen and oxygen atoms in total. The first-order valence-electron chi connectivity index (χ1n) is 32.1. The van der Waals surface area contributed by atoms with Crippen LogP contribution in [0.4, 0.5) is 0 Å². The van der Waals surface area contributed by atoms with Crippen LogP contribution in [-0.4, -0.2) is 118 Å². The normalized spacial score (nSPS) is 17.4. The van der Waals surface area contributed by atoms with Crippen molar-refractivity contribution >= 4 is 35.8 Å². The average molecular weight is 1180 g/mol. The number of amides is 1. The van der Waals surface area contributed by atoms with E-state index < -0.39 is 99.1 Å². The topological polar surface area (TPSA) is 198 Å². The largest absolute Gasteiger partial charge is 0.464 e. The highest BCUT2D eigenvalue weighted by Gasteiger charge is 2.52. The number of rotatable bonds is 47. The van der Waals surface area contributed by atoms with Gasteiger partial charge in [0.2, 0.25) is 5.91 Å². The first-order chi connectivity index (χ1) is 41.6. The Balaban J connectivity index is 1.69. The SMILES string of the molecule is CCCCCCCCCCCCCC=C[C@@H](OC(=O)c1ccccc1)[C@H](CO[C@H]1O[C@H](COCC(=O)OCC)[C@H](OCC(=O)OCC)[C@H](OC(=O)c2ccccc2)[C@H]1OC(=O)c1ccccc1)NC(=O)CCCCCCCCCCCCCCC. The van der Waals surface area contributed by atoms with Gasteiger partial charge in [-0.15, -0.1) is 0 Å². The molecule has 472 valence electrons. The fourth-order valence-electron chi connectivity index (χ4n) is 10.1. The van der Waals surface area contributed by atoms with Crippen LogP contribution in [0.1, 0.15) is 226 Å². The zero-order valence-corrected chi connectivity index (χ0v) is 51.6. The van der Waals surface area contributed by atoms with Crippen molar-refractivity contribution in [1.29, 1.82) is 0 Å². The molecule has 0 bridgehead atoms. The number of carbonyl (C=O) groups is 6. The second-order valence-electron chi connectivity index (χ2n) is 21.9. The number of esters is 5. The molecule has 4 rings (SSSR count). The van der Waals surface area contributed by atoms with Crippen LogP contribution in [0.5, 0.6) is 0 Å². The lowest BCUT2D eigenvalue weighted by Crippen LogP contribution is -2.63. The van der Waals surface area contributed by atoms with E-state index in [0.29, 0.717) is 18.4 Å². The monoisotopic (exact) mass is 1180 g/mol. The van der Waals surface area contributed by atoms with E-state index >= 15 is 0 Å². The van der Waals surface area contributed by atoms with Gasteiger partial charge in [0, 0.05) is 6.42 Å². The summed E-state index contributed by atoms with van der Waals surface area (Å²) in [7, 11) is 0. The molecule has 3 aromatic rings. The first kappa shape index (κ1) is 71.5. The standard InChI is InChI=1S/C69H101NO15/c1-5-9-11-13-15-17-19-21-23-25-27-29-40-48-58(82-66(74)54-42-34-31-35-43-54)57(70-60(71)49-41-30-28-26-24-22-20-18-16-14-12-10-6-2)50-81-69-65(85-68(76)56-46-38-33-39-47-56)64(84-67(75)55-44-36-32-37-45-55)63(80-53-62(73)79-8-4)59(83-69)51-77-52-61(72)78-7-3/h31-40,42-48,57-59,63-65,69H,5-30,41,49-53H2,1-4H3,(H,70,71)/t57-,58+,59+,63-,64-,65+,69-/m0/s1. The molecule has 3 aromatic carbocycles. The van der Waals surface area contributed by atoms with Crippen molar-refractivity contribution in [3.8, 4) is 0 Å². The van der Waals surface area contributed by atoms with Gasteiger partial charge < -0.3 is 47.9 Å². The van der Waals surface area contributed by atoms with Crippen molar-refractivity contribution in [2.75, 3.05) is 39.6 Å². The maximum Gasteiger partial charge on any atom is 0.338 e. The Labute approximate surface area is 507 Å². The zero-order chi connectivity index (χ0) is 61.0. The summed E-state index contributed by atoms with van der Waals surface area (Å²) in [6.07, 6.45) is 24.1. The van der Waals surface area contributed by atoms with Crippen molar-refractivity contribution < 1.29 is 71.4 Å². The van der Waals surface area contributed by atoms with E-state index in [1.165, 1.54) is 103 Å². The van der Waals surface area contributed by atoms with Gasteiger partial charge in [-0.3, -0.25) is 4.79 Å². The third-order valence-electron chi connectivity index (χ3n) is 14.8. The molecule has 0 spiro atoms. The molecular weight excluding hydrogens is 1080 g/mol. The molecule has 0 unspecified atom stereocenters. The zero-order valence-electron chi connectivity index (χ0n) is 51.6. The van der Waals surface area contributed by atoms with Gasteiger partial charge in [-0.05, 0) is 75.6 Å². The molecule has 1 aliphatic rings. The van der Waals surface area contributed by atoms with Crippen LogP contribution in [0.25, 0.3) is 0 Å². The van der Waals surface area contributed by atoms with Crippen molar-refractivity contribution in [2.45, 2.75) is 237 Å². The van der Waals surface area contributed by atoms with Crippen LogP contribution >= 0.6 is 0 Å². The summed E-state index contributed by atoms with van der Waals surface area (Å²) in [4.78, 5) is 82.2. The molecule has 1 saturated heterocycles. The molecule has 1 aliphatic heterocycles. The molecule has 85 heavy (non-hydrogen) atoms. The van der Waals surface area contributed by atoms with E-state index in [4.69, 9.17) is 42.6 Å². The first-order valence-corrected chi connectivity index (χ1v) is 32.1. The van der Waals surface area contributed by atoms with Gasteiger partial charge in [0.05, 0.1) is 49.2 Å². The van der Waals surface area contributed by atoms with E-state index in [2.05, 4.69) is 19.2 Å². The van der Waals surface area contributed by atoms with E-state index in [9.17, 15) is 28.8 Å². The Hall–Kier alpha value is -5.94. The second kappa shape index (κ2) is 45.4. The van der Waals surface area contributed by atoms with E-state index in [-0.39, 0.29) is 36.7 Å². The Morgan fingerprint density at radius 3 is 1.41 bits per heavy atom. The molecule has 1 fully saturated rings. The van der Waals surface area contributed by atoms with Crippen LogP contribution in [0.3, 0.4) is 0 Å². The third kappa shape index (κ3) is 30.3. The molecule has 0 radical (unpaired) electrons. The summed E-state index contributed by atoms with van der Waals surface area (Å²) >= 11 is 0. The summed E-state index contributed by atoms with van der Waals surface area (Å²) in [5, 5.41) is 3.13. The highest BCUT2D eigenvalue weighted by Crippen LogP contribution is 2.32. The van der Waals surface area contributed by atoms with Gasteiger partial charge in [0.15, 0.2) is 18.5 Å². The summed E-state index contributed by atoms with van der Waals surface area (Å²) in [6.45, 7) is 5.97. The molecule has 0 aromatic heterocycles. The van der Waals surface area contributed by atoms with Gasteiger partial charge in [-0.1, -0.05) is 216 Å². The molecular formula is C69H101NO15. The predicted molar refractivity (Wildman–Crippen MR) is 328 cm³/mol. The molecule has 1 heterocycles. The average Bonchev–Trinajstić information content (AvgIpc) is 3.30. The van der Waals surface area contributed by atoms with E-state index in [1.807, 2.05) is 6.08 Å². The van der Waals surface area contributed by atoms with Gasteiger partial charge in [-0.25, -0.2) is 24.0 Å². The number of carbonyl (C=O) groups excluding carboxylic acids is 6. The Morgan fingerprint density at radius 1 is 0.494 bits per heavy atom. The summed E-state index contributed by atoms with van der Waals surface area (Å²) in [5.74, 6) is -4.01. The van der Waals surface area contributed by atoms with E-state index in [0.717, 1.165) is 44.9 Å². The van der Waals surface area contributed by atoms with Crippen LogP contribution in [0.2, 0.25) is 0 Å². The lowest BCUT2D eigenvalue weighted by molar-refractivity contribution is -0.308. The third-order valence-corrected chi connectivity index (χ3v) is 14.8. The molecule has 1 N–H and O–H groups in total. The Morgan fingerprint density at radius 2 is 0.929 bits per heavy atom. The van der Waals surface area contributed by atoms with Crippen molar-refractivity contribution in [2.24, 2.45) is 0 Å². The lowest BCUT2D eigenvalue weighted by atomic mass is 9.97. The van der Waals surface area contributed by atoms with Crippen LogP contribution in [-0.2, 0) is 57.0 Å². The van der Waals surface area contributed by atoms with Crippen LogP contribution in [0, 0.1) is 0 Å². The van der Waals surface area contributed by atoms with Gasteiger partial charge in [0.25, 0.3) is 0 Å². The Kier molecular flexibility index (Phi) is 38.2. The van der Waals surface area contributed by atoms with Crippen molar-refractivity contribution in [3.05, 3.63) is 120 Å². The number of hydrogen-bond donors (Lipinski definition) is 1. The number of benzene rings is 3. The molecule has 0 saturated carbocycles. The van der Waals surface area contributed by atoms with E-state index in [1.54, 1.807) is 111 Å². The molecule has 16 heteroatoms. The van der Waals surface area contributed by atoms with Gasteiger partial charge in [0.1, 0.15) is 31.5 Å². The second-order valence-corrected chi connectivity index (χ2v) is 21.9. The minimum atomic E-state index is -1.63. The fraction of sp³-hybridized carbons (Fsp3) is 0.623. The number of unbranched alkanes of at least 4 members (excludes halogenated alkanes) is 23. The fourth-order valence-corrected chi connectivity index (χ4v) is 10.1. The predicted octanol–water partition coefficient (Wildman–Crippen LogP) is 14.2. The van der Waals surface area contributed by atoms with Crippen LogP contribution in [0.15, 0.2) is 103 Å². The molecule has 7 atom stereocenters. The number of ether oxygens (including phenoxy) is 9. The van der Waals surface area contributed by atoms with Crippen molar-refractivity contribution in [1.82, 2.24) is 5.32 Å². The minimum absolute atomic E-state index is 0.0440. The minimum Gasteiger partial charge on any atom is -0.464 e. The summed E-state index contributed by atoms with van der Waals surface area (Å²) in [5.41, 5.74) is 0.593. The smallest absolute Gasteiger partial charge is 0.338 e. The molecule has 0 aliphatic carbocycles. The highest BCUT2D eigenvalue weighted by molar-refractivity contribution is 5.91. The van der Waals surface area contributed by atoms with Crippen LogP contribution < -0.4 is 5.32 Å². The Bertz CT molecular complexity index is 2300. The number of nitrogens with one attached hydrogen (secondary N) is 1. The maximum atomic E-state index is 14.2. The summed E-state index contributed by atoms with van der Waals surface area (Å²) in [6, 6.07) is 23.8. The number of hydrogen-bond acceptors (Lipinski definition) is 15. The van der Waals surface area contributed by atoms with Gasteiger partial charge >= 0.3 is 29.8 Å². The molecule has 1 amide bonds. The summed E-state index contributed by atoms with van der Waals surface area (Å²) < 4.78 is 54.5.